The van der Waals surface area contributed by atoms with E-state index >= 15 is 0 Å². The first-order valence-corrected chi connectivity index (χ1v) is 5.81. The van der Waals surface area contributed by atoms with Gasteiger partial charge in [0.15, 0.2) is 5.58 Å². The van der Waals surface area contributed by atoms with Gasteiger partial charge < -0.3 is 10.2 Å². The molecule has 0 aliphatic carbocycles. The van der Waals surface area contributed by atoms with Crippen molar-refractivity contribution in [1.29, 1.82) is 0 Å². The van der Waals surface area contributed by atoms with Gasteiger partial charge in [-0.2, -0.15) is 0 Å². The molecule has 0 aliphatic rings. The van der Waals surface area contributed by atoms with E-state index in [1.54, 1.807) is 6.07 Å². The van der Waals surface area contributed by atoms with Crippen LogP contribution in [0.4, 0.5) is 4.39 Å². The van der Waals surface area contributed by atoms with Crippen molar-refractivity contribution >= 4 is 22.6 Å². The Hall–Kier alpha value is -1.06. The molecule has 2 nitrogen and oxygen atoms in total. The second-order valence-corrected chi connectivity index (χ2v) is 5.71. The van der Waals surface area contributed by atoms with Gasteiger partial charge in [-0.1, -0.05) is 32.4 Å². The molecular formula is C13H15ClFNO. The first-order valence-electron chi connectivity index (χ1n) is 5.43. The highest BCUT2D eigenvalue weighted by molar-refractivity contribution is 6.34. The molecule has 92 valence electrons. The summed E-state index contributed by atoms with van der Waals surface area (Å²) in [5.41, 5.74) is 6.46. The highest BCUT2D eigenvalue weighted by atomic mass is 35.5. The van der Waals surface area contributed by atoms with Gasteiger partial charge in [-0.15, -0.1) is 0 Å². The Morgan fingerprint density at radius 1 is 1.29 bits per heavy atom. The molecule has 0 aliphatic heterocycles. The number of nitrogens with two attached hydrogens (primary N) is 1. The normalized spacial score (nSPS) is 14.2. The van der Waals surface area contributed by atoms with Crippen LogP contribution in [0.15, 0.2) is 22.6 Å². The third-order valence-corrected chi connectivity index (χ3v) is 3.08. The maximum atomic E-state index is 13.2. The molecule has 4 heteroatoms. The average Bonchev–Trinajstić information content (AvgIpc) is 2.58. The van der Waals surface area contributed by atoms with Crippen LogP contribution in [0.5, 0.6) is 0 Å². The number of hydrogen-bond acceptors (Lipinski definition) is 2. The predicted octanol–water partition coefficient (Wildman–Crippen LogP) is 4.27. The van der Waals surface area contributed by atoms with Crippen LogP contribution in [0.25, 0.3) is 11.0 Å². The van der Waals surface area contributed by atoms with Crippen molar-refractivity contribution in [2.24, 2.45) is 11.1 Å². The van der Waals surface area contributed by atoms with Gasteiger partial charge in [0, 0.05) is 5.39 Å². The molecule has 0 bridgehead atoms. The fourth-order valence-electron chi connectivity index (χ4n) is 1.68. The minimum atomic E-state index is -0.376. The monoisotopic (exact) mass is 255 g/mol. The van der Waals surface area contributed by atoms with Crippen LogP contribution in [-0.2, 0) is 0 Å². The molecule has 1 aromatic heterocycles. The molecule has 1 heterocycles. The Morgan fingerprint density at radius 2 is 1.94 bits per heavy atom. The zero-order chi connectivity index (χ0) is 12.8. The van der Waals surface area contributed by atoms with Crippen LogP contribution in [0.2, 0.25) is 5.02 Å². The number of fused-ring (bicyclic) bond motifs is 1. The highest BCUT2D eigenvalue weighted by Crippen LogP contribution is 2.36. The van der Waals surface area contributed by atoms with Crippen molar-refractivity contribution in [3.05, 3.63) is 34.8 Å². The minimum Gasteiger partial charge on any atom is -0.458 e. The van der Waals surface area contributed by atoms with Crippen LogP contribution >= 0.6 is 11.6 Å². The van der Waals surface area contributed by atoms with E-state index in [1.165, 1.54) is 12.1 Å². The Balaban J connectivity index is 2.56. The summed E-state index contributed by atoms with van der Waals surface area (Å²) in [7, 11) is 0. The third-order valence-electron chi connectivity index (χ3n) is 2.79. The van der Waals surface area contributed by atoms with Gasteiger partial charge in [0.2, 0.25) is 0 Å². The summed E-state index contributed by atoms with van der Waals surface area (Å²) in [5.74, 6) is 0.249. The second-order valence-electron chi connectivity index (χ2n) is 5.30. The lowest BCUT2D eigenvalue weighted by Gasteiger charge is -2.24. The molecule has 2 rings (SSSR count). The maximum absolute atomic E-state index is 13.2. The minimum absolute atomic E-state index is 0.126. The van der Waals surface area contributed by atoms with E-state index in [0.29, 0.717) is 16.7 Å². The van der Waals surface area contributed by atoms with Gasteiger partial charge in [-0.25, -0.2) is 4.39 Å². The van der Waals surface area contributed by atoms with E-state index < -0.39 is 0 Å². The zero-order valence-electron chi connectivity index (χ0n) is 10.1. The lowest BCUT2D eigenvalue weighted by Crippen LogP contribution is -2.25. The molecule has 2 aromatic rings. The second kappa shape index (κ2) is 4.00. The van der Waals surface area contributed by atoms with Crippen LogP contribution < -0.4 is 5.73 Å². The lowest BCUT2D eigenvalue weighted by atomic mass is 9.86. The van der Waals surface area contributed by atoms with Crippen LogP contribution in [0.1, 0.15) is 32.6 Å². The number of halogens is 2. The van der Waals surface area contributed by atoms with Gasteiger partial charge in [0.1, 0.15) is 11.6 Å². The van der Waals surface area contributed by atoms with E-state index in [1.807, 2.05) is 20.8 Å². The summed E-state index contributed by atoms with van der Waals surface area (Å²) in [6.07, 6.45) is 0. The molecule has 2 N–H and O–H groups in total. The number of furan rings is 1. The van der Waals surface area contributed by atoms with Gasteiger partial charge in [0.05, 0.1) is 11.1 Å². The van der Waals surface area contributed by atoms with E-state index in [2.05, 4.69) is 0 Å². The van der Waals surface area contributed by atoms with Gasteiger partial charge in [0.25, 0.3) is 0 Å². The fraction of sp³-hybridized carbons (Fsp3) is 0.385. The van der Waals surface area contributed by atoms with Gasteiger partial charge in [-0.3, -0.25) is 0 Å². The predicted molar refractivity (Wildman–Crippen MR) is 67.6 cm³/mol. The molecule has 0 fully saturated rings. The highest BCUT2D eigenvalue weighted by Gasteiger charge is 2.26. The van der Waals surface area contributed by atoms with E-state index in [0.717, 1.165) is 0 Å². The van der Waals surface area contributed by atoms with Crippen LogP contribution in [0, 0.1) is 11.2 Å². The Bertz CT molecular complexity index is 556. The molecule has 1 unspecified atom stereocenters. The summed E-state index contributed by atoms with van der Waals surface area (Å²) in [5, 5.41) is 0.914. The quantitative estimate of drug-likeness (QED) is 0.826. The Labute approximate surface area is 105 Å². The molecule has 0 spiro atoms. The first kappa shape index (κ1) is 12.4. The molecule has 0 saturated carbocycles. The van der Waals surface area contributed by atoms with Crippen LogP contribution in [0.3, 0.4) is 0 Å². The Kier molecular flexibility index (Phi) is 2.92. The van der Waals surface area contributed by atoms with Crippen molar-refractivity contribution in [3.63, 3.8) is 0 Å². The van der Waals surface area contributed by atoms with Gasteiger partial charge in [-0.05, 0) is 23.6 Å². The molecule has 0 radical (unpaired) electrons. The SMILES string of the molecule is CC(C)(C)C(N)c1cc2cc(F)cc(Cl)c2o1. The molecular weight excluding hydrogens is 241 g/mol. The van der Waals surface area contributed by atoms with Crippen molar-refractivity contribution in [2.45, 2.75) is 26.8 Å². The number of rotatable bonds is 1. The molecule has 1 aromatic carbocycles. The zero-order valence-corrected chi connectivity index (χ0v) is 10.8. The number of hydrogen-bond donors (Lipinski definition) is 1. The summed E-state index contributed by atoms with van der Waals surface area (Å²) in [6.45, 7) is 6.06. The maximum Gasteiger partial charge on any atom is 0.153 e. The van der Waals surface area contributed by atoms with Crippen molar-refractivity contribution < 1.29 is 8.81 Å². The summed E-state index contributed by atoms with van der Waals surface area (Å²) >= 11 is 5.92. The summed E-state index contributed by atoms with van der Waals surface area (Å²) < 4.78 is 18.8. The lowest BCUT2D eigenvalue weighted by molar-refractivity contribution is 0.290. The van der Waals surface area contributed by atoms with Crippen molar-refractivity contribution in [1.82, 2.24) is 0 Å². The third kappa shape index (κ3) is 2.31. The Morgan fingerprint density at radius 3 is 2.53 bits per heavy atom. The van der Waals surface area contributed by atoms with E-state index in [4.69, 9.17) is 21.8 Å². The molecule has 17 heavy (non-hydrogen) atoms. The van der Waals surface area contributed by atoms with Crippen molar-refractivity contribution in [3.8, 4) is 0 Å². The molecule has 0 amide bonds. The first-order chi connectivity index (χ1) is 7.79. The van der Waals surface area contributed by atoms with Crippen LogP contribution in [-0.4, -0.2) is 0 Å². The van der Waals surface area contributed by atoms with E-state index in [9.17, 15) is 4.39 Å². The average molecular weight is 256 g/mol. The largest absolute Gasteiger partial charge is 0.458 e. The molecule has 0 saturated heterocycles. The fourth-order valence-corrected chi connectivity index (χ4v) is 1.93. The van der Waals surface area contributed by atoms with E-state index in [-0.39, 0.29) is 22.3 Å². The topological polar surface area (TPSA) is 39.2 Å². The van der Waals surface area contributed by atoms with Gasteiger partial charge >= 0.3 is 0 Å². The number of benzene rings is 1. The standard InChI is InChI=1S/C13H15ClFNO/c1-13(2,3)12(16)10-5-7-4-8(15)6-9(14)11(7)17-10/h4-6,12H,16H2,1-3H3. The summed E-state index contributed by atoms with van der Waals surface area (Å²) in [4.78, 5) is 0. The van der Waals surface area contributed by atoms with Crippen molar-refractivity contribution in [2.75, 3.05) is 0 Å². The summed E-state index contributed by atoms with van der Waals surface area (Å²) in [6, 6.07) is 4.12. The molecule has 1 atom stereocenters. The smallest absolute Gasteiger partial charge is 0.153 e.